The van der Waals surface area contributed by atoms with E-state index >= 15 is 0 Å². The van der Waals surface area contributed by atoms with Crippen molar-refractivity contribution in [3.63, 3.8) is 0 Å². The van der Waals surface area contributed by atoms with Gasteiger partial charge in [-0.1, -0.05) is 6.07 Å². The van der Waals surface area contributed by atoms with Gasteiger partial charge in [-0.3, -0.25) is 0 Å². The van der Waals surface area contributed by atoms with Crippen LogP contribution in [0.25, 0.3) is 0 Å². The SMILES string of the molecule is COc1cc(C2NCCc3cc4c(cc32)OCCO4)ccc1O. The molecular formula is C18H19NO4. The van der Waals surface area contributed by atoms with Crippen LogP contribution >= 0.6 is 0 Å². The Morgan fingerprint density at radius 1 is 1.13 bits per heavy atom. The van der Waals surface area contributed by atoms with Gasteiger partial charge in [-0.25, -0.2) is 0 Å². The minimum absolute atomic E-state index is 0.0454. The Balaban J connectivity index is 1.78. The number of rotatable bonds is 2. The van der Waals surface area contributed by atoms with Gasteiger partial charge in [0.2, 0.25) is 0 Å². The molecule has 120 valence electrons. The number of hydrogen-bond acceptors (Lipinski definition) is 5. The van der Waals surface area contributed by atoms with Crippen LogP contribution in [0.3, 0.4) is 0 Å². The van der Waals surface area contributed by atoms with Gasteiger partial charge in [-0.2, -0.15) is 0 Å². The number of phenols is 1. The topological polar surface area (TPSA) is 60.0 Å². The van der Waals surface area contributed by atoms with Crippen LogP contribution in [0.2, 0.25) is 0 Å². The lowest BCUT2D eigenvalue weighted by Gasteiger charge is -2.30. The molecule has 0 amide bonds. The molecule has 1 unspecified atom stereocenters. The molecule has 2 aromatic rings. The van der Waals surface area contributed by atoms with Crippen molar-refractivity contribution in [1.82, 2.24) is 5.32 Å². The molecule has 23 heavy (non-hydrogen) atoms. The summed E-state index contributed by atoms with van der Waals surface area (Å²) in [6.45, 7) is 2.07. The zero-order valence-corrected chi connectivity index (χ0v) is 13.0. The van der Waals surface area contributed by atoms with E-state index in [9.17, 15) is 5.11 Å². The monoisotopic (exact) mass is 313 g/mol. The third kappa shape index (κ3) is 2.47. The number of aromatic hydroxyl groups is 1. The zero-order chi connectivity index (χ0) is 15.8. The van der Waals surface area contributed by atoms with E-state index in [-0.39, 0.29) is 11.8 Å². The van der Waals surface area contributed by atoms with E-state index in [1.54, 1.807) is 13.2 Å². The zero-order valence-electron chi connectivity index (χ0n) is 13.0. The largest absolute Gasteiger partial charge is 0.504 e. The van der Waals surface area contributed by atoms with Gasteiger partial charge in [0.1, 0.15) is 13.2 Å². The standard InChI is InChI=1S/C18H19NO4/c1-21-15-9-12(2-3-14(15)20)18-13-10-17-16(22-6-7-23-17)8-11(13)4-5-19-18/h2-3,8-10,18-20H,4-7H2,1H3. The molecule has 1 atom stereocenters. The first kappa shape index (κ1) is 14.2. The average molecular weight is 313 g/mol. The lowest BCUT2D eigenvalue weighted by Crippen LogP contribution is -2.31. The summed E-state index contributed by atoms with van der Waals surface area (Å²) in [4.78, 5) is 0. The highest BCUT2D eigenvalue weighted by Gasteiger charge is 2.25. The highest BCUT2D eigenvalue weighted by atomic mass is 16.6. The van der Waals surface area contributed by atoms with Crippen LogP contribution in [0.1, 0.15) is 22.7 Å². The fourth-order valence-corrected chi connectivity index (χ4v) is 3.26. The summed E-state index contributed by atoms with van der Waals surface area (Å²) in [6, 6.07) is 9.67. The average Bonchev–Trinajstić information content (AvgIpc) is 2.60. The normalized spacial score (nSPS) is 19.1. The smallest absolute Gasteiger partial charge is 0.161 e. The van der Waals surface area contributed by atoms with Gasteiger partial charge in [-0.15, -0.1) is 0 Å². The van der Waals surface area contributed by atoms with Crippen molar-refractivity contribution in [2.75, 3.05) is 26.9 Å². The third-order valence-electron chi connectivity index (χ3n) is 4.39. The number of ether oxygens (including phenoxy) is 3. The van der Waals surface area contributed by atoms with E-state index in [1.807, 2.05) is 12.1 Å². The summed E-state index contributed by atoms with van der Waals surface area (Å²) in [5.74, 6) is 2.26. The van der Waals surface area contributed by atoms with Crippen molar-refractivity contribution in [2.24, 2.45) is 0 Å². The molecule has 4 rings (SSSR count). The van der Waals surface area contributed by atoms with Crippen molar-refractivity contribution < 1.29 is 19.3 Å². The Morgan fingerprint density at radius 2 is 1.91 bits per heavy atom. The molecule has 2 aliphatic rings. The Bertz CT molecular complexity index is 744. The second-order valence-corrected chi connectivity index (χ2v) is 5.76. The van der Waals surface area contributed by atoms with Crippen LogP contribution in [-0.4, -0.2) is 32.0 Å². The number of methoxy groups -OCH3 is 1. The van der Waals surface area contributed by atoms with Gasteiger partial charge in [0, 0.05) is 6.54 Å². The molecule has 2 aromatic carbocycles. The van der Waals surface area contributed by atoms with Crippen molar-refractivity contribution >= 4 is 0 Å². The van der Waals surface area contributed by atoms with Crippen LogP contribution < -0.4 is 19.5 Å². The maximum Gasteiger partial charge on any atom is 0.161 e. The predicted molar refractivity (Wildman–Crippen MR) is 85.6 cm³/mol. The van der Waals surface area contributed by atoms with Crippen LogP contribution in [-0.2, 0) is 6.42 Å². The molecule has 0 saturated carbocycles. The van der Waals surface area contributed by atoms with Crippen molar-refractivity contribution in [3.8, 4) is 23.0 Å². The quantitative estimate of drug-likeness (QED) is 0.891. The van der Waals surface area contributed by atoms with Crippen LogP contribution in [0.5, 0.6) is 23.0 Å². The maximum absolute atomic E-state index is 9.80. The Morgan fingerprint density at radius 3 is 2.70 bits per heavy atom. The highest BCUT2D eigenvalue weighted by Crippen LogP contribution is 2.40. The fourth-order valence-electron chi connectivity index (χ4n) is 3.26. The minimum atomic E-state index is 0.0454. The van der Waals surface area contributed by atoms with Gasteiger partial charge in [0.15, 0.2) is 23.0 Å². The first-order valence-electron chi connectivity index (χ1n) is 7.79. The Hall–Kier alpha value is -2.40. The first-order chi connectivity index (χ1) is 11.3. The number of benzene rings is 2. The molecule has 5 heteroatoms. The van der Waals surface area contributed by atoms with E-state index in [2.05, 4.69) is 17.4 Å². The lowest BCUT2D eigenvalue weighted by atomic mass is 9.89. The second kappa shape index (κ2) is 5.66. The maximum atomic E-state index is 9.80. The molecule has 5 nitrogen and oxygen atoms in total. The summed E-state index contributed by atoms with van der Waals surface area (Å²) in [6.07, 6.45) is 0.956. The molecule has 0 aliphatic carbocycles. The highest BCUT2D eigenvalue weighted by molar-refractivity contribution is 5.53. The summed E-state index contributed by atoms with van der Waals surface area (Å²) in [7, 11) is 1.56. The molecule has 2 heterocycles. The van der Waals surface area contributed by atoms with E-state index in [0.29, 0.717) is 19.0 Å². The van der Waals surface area contributed by atoms with Gasteiger partial charge in [0.25, 0.3) is 0 Å². The minimum Gasteiger partial charge on any atom is -0.504 e. The summed E-state index contributed by atoms with van der Waals surface area (Å²) in [5.41, 5.74) is 3.51. The summed E-state index contributed by atoms with van der Waals surface area (Å²) >= 11 is 0. The summed E-state index contributed by atoms with van der Waals surface area (Å²) < 4.78 is 16.6. The molecule has 0 saturated heterocycles. The Labute approximate surface area is 134 Å². The molecule has 0 aromatic heterocycles. The molecule has 0 bridgehead atoms. The third-order valence-corrected chi connectivity index (χ3v) is 4.39. The molecule has 0 spiro atoms. The van der Waals surface area contributed by atoms with Crippen LogP contribution in [0.4, 0.5) is 0 Å². The van der Waals surface area contributed by atoms with Crippen molar-refractivity contribution in [2.45, 2.75) is 12.5 Å². The molecular weight excluding hydrogens is 294 g/mol. The number of phenolic OH excluding ortho intramolecular Hbond substituents is 1. The second-order valence-electron chi connectivity index (χ2n) is 5.76. The molecule has 0 radical (unpaired) electrons. The van der Waals surface area contributed by atoms with E-state index < -0.39 is 0 Å². The van der Waals surface area contributed by atoms with Crippen molar-refractivity contribution in [1.29, 1.82) is 0 Å². The van der Waals surface area contributed by atoms with Gasteiger partial charge < -0.3 is 24.6 Å². The fraction of sp³-hybridized carbons (Fsp3) is 0.333. The summed E-state index contributed by atoms with van der Waals surface area (Å²) in [5, 5.41) is 13.3. The van der Waals surface area contributed by atoms with Crippen LogP contribution in [0, 0.1) is 0 Å². The molecule has 0 fully saturated rings. The number of hydrogen-bond donors (Lipinski definition) is 2. The van der Waals surface area contributed by atoms with Crippen LogP contribution in [0.15, 0.2) is 30.3 Å². The van der Waals surface area contributed by atoms with Crippen molar-refractivity contribution in [3.05, 3.63) is 47.0 Å². The van der Waals surface area contributed by atoms with E-state index in [1.165, 1.54) is 11.1 Å². The van der Waals surface area contributed by atoms with Gasteiger partial charge in [0.05, 0.1) is 13.2 Å². The molecule has 2 N–H and O–H groups in total. The first-order valence-corrected chi connectivity index (χ1v) is 7.79. The van der Waals surface area contributed by atoms with E-state index in [4.69, 9.17) is 14.2 Å². The van der Waals surface area contributed by atoms with E-state index in [0.717, 1.165) is 30.0 Å². The number of nitrogens with one attached hydrogen (secondary N) is 1. The lowest BCUT2D eigenvalue weighted by molar-refractivity contribution is 0.171. The Kier molecular flexibility index (Phi) is 3.50. The predicted octanol–water partition coefficient (Wildman–Crippen LogP) is 2.41. The number of fused-ring (bicyclic) bond motifs is 2. The van der Waals surface area contributed by atoms with Gasteiger partial charge >= 0.3 is 0 Å². The van der Waals surface area contributed by atoms with Gasteiger partial charge in [-0.05, 0) is 47.4 Å². The molecule has 2 aliphatic heterocycles.